The number of primary sulfonamides is 1. The Bertz CT molecular complexity index is 532. The second-order valence-electron chi connectivity index (χ2n) is 3.03. The monoisotopic (exact) mass is 396 g/mol. The molecule has 2 N–H and O–H groups in total. The van der Waals surface area contributed by atoms with Crippen molar-refractivity contribution in [3.8, 4) is 0 Å². The average Bonchev–Trinajstić information content (AvgIpc) is 2.04. The number of aromatic nitrogens is 1. The van der Waals surface area contributed by atoms with Crippen LogP contribution in [0.15, 0.2) is 21.2 Å². The number of alkyl halides is 3. The molecule has 0 radical (unpaired) electrons. The summed E-state index contributed by atoms with van der Waals surface area (Å²) in [6, 6.07) is 1.26. The van der Waals surface area contributed by atoms with Crippen molar-refractivity contribution in [3.05, 3.63) is 26.9 Å². The number of hydrogen-bond acceptors (Lipinski definition) is 3. The first-order chi connectivity index (χ1) is 7.53. The molecular formula is C7H5Br2F3N2O2S. The minimum absolute atomic E-state index is 0.0942. The van der Waals surface area contributed by atoms with Crippen LogP contribution >= 0.6 is 31.9 Å². The van der Waals surface area contributed by atoms with Crippen molar-refractivity contribution in [2.45, 2.75) is 11.4 Å². The summed E-state index contributed by atoms with van der Waals surface area (Å²) in [5.41, 5.74) is -0.691. The average molecular weight is 398 g/mol. The highest BCUT2D eigenvalue weighted by molar-refractivity contribution is 9.11. The van der Waals surface area contributed by atoms with E-state index in [4.69, 9.17) is 0 Å². The lowest BCUT2D eigenvalue weighted by Gasteiger charge is -2.18. The standard InChI is InChI=1S/C7H5Br2F3N2O2S/c8-3-1-4(9)5(14-2-3)6(7(10,11)12)17(13,15)16/h1-2,6H,(H2,13,15,16). The van der Waals surface area contributed by atoms with Crippen LogP contribution in [0.3, 0.4) is 0 Å². The lowest BCUT2D eigenvalue weighted by molar-refractivity contribution is -0.132. The van der Waals surface area contributed by atoms with Crippen molar-refractivity contribution in [2.75, 3.05) is 0 Å². The zero-order valence-corrected chi connectivity index (χ0v) is 11.9. The fraction of sp³-hybridized carbons (Fsp3) is 0.286. The van der Waals surface area contributed by atoms with Crippen LogP contribution in [0.1, 0.15) is 10.9 Å². The van der Waals surface area contributed by atoms with Gasteiger partial charge in [-0.2, -0.15) is 13.2 Å². The highest BCUT2D eigenvalue weighted by atomic mass is 79.9. The molecule has 0 spiro atoms. The number of nitrogens with zero attached hydrogens (tertiary/aromatic N) is 1. The van der Waals surface area contributed by atoms with Gasteiger partial charge in [0.15, 0.2) is 0 Å². The molecule has 0 saturated heterocycles. The third kappa shape index (κ3) is 3.63. The summed E-state index contributed by atoms with van der Waals surface area (Å²) in [5.74, 6) is 0. The lowest BCUT2D eigenvalue weighted by atomic mass is 10.2. The Hall–Kier alpha value is -0.190. The maximum Gasteiger partial charge on any atom is 0.412 e. The molecule has 0 aliphatic heterocycles. The molecule has 96 valence electrons. The quantitative estimate of drug-likeness (QED) is 0.833. The molecule has 1 aromatic heterocycles. The van der Waals surface area contributed by atoms with Gasteiger partial charge in [-0.1, -0.05) is 0 Å². The summed E-state index contributed by atoms with van der Waals surface area (Å²) < 4.78 is 60.3. The number of halogens is 5. The van der Waals surface area contributed by atoms with E-state index in [1.807, 2.05) is 0 Å². The molecule has 0 saturated carbocycles. The van der Waals surface area contributed by atoms with Gasteiger partial charge in [0, 0.05) is 15.1 Å². The zero-order chi connectivity index (χ0) is 13.4. The Kier molecular flexibility index (Phi) is 4.22. The second-order valence-corrected chi connectivity index (χ2v) is 6.45. The first kappa shape index (κ1) is 14.9. The Morgan fingerprint density at radius 1 is 1.35 bits per heavy atom. The molecule has 0 aliphatic carbocycles. The van der Waals surface area contributed by atoms with Crippen LogP contribution in [0.5, 0.6) is 0 Å². The van der Waals surface area contributed by atoms with Crippen LogP contribution in [0.25, 0.3) is 0 Å². The van der Waals surface area contributed by atoms with E-state index in [9.17, 15) is 21.6 Å². The van der Waals surface area contributed by atoms with E-state index < -0.39 is 27.1 Å². The van der Waals surface area contributed by atoms with Gasteiger partial charge in [0.25, 0.3) is 0 Å². The topological polar surface area (TPSA) is 73.1 Å². The van der Waals surface area contributed by atoms with Crippen molar-refractivity contribution in [1.82, 2.24) is 4.98 Å². The molecule has 0 amide bonds. The summed E-state index contributed by atoms with van der Waals surface area (Å²) >= 11 is 5.81. The molecular weight excluding hydrogens is 393 g/mol. The SMILES string of the molecule is NS(=O)(=O)C(c1ncc(Br)cc1Br)C(F)(F)F. The Balaban J connectivity index is 3.44. The molecule has 1 atom stereocenters. The summed E-state index contributed by atoms with van der Waals surface area (Å²) in [4.78, 5) is 3.44. The third-order valence-electron chi connectivity index (χ3n) is 1.71. The van der Waals surface area contributed by atoms with E-state index in [2.05, 4.69) is 42.0 Å². The highest BCUT2D eigenvalue weighted by Gasteiger charge is 2.50. The summed E-state index contributed by atoms with van der Waals surface area (Å²) in [5, 5.41) is 1.73. The van der Waals surface area contributed by atoms with Crippen LogP contribution in [0.2, 0.25) is 0 Å². The van der Waals surface area contributed by atoms with Crippen LogP contribution in [-0.4, -0.2) is 19.6 Å². The van der Waals surface area contributed by atoms with Gasteiger partial charge in [-0.05, 0) is 37.9 Å². The molecule has 0 aliphatic rings. The fourth-order valence-corrected chi connectivity index (χ4v) is 3.35. The minimum Gasteiger partial charge on any atom is -0.257 e. The van der Waals surface area contributed by atoms with Gasteiger partial charge in [-0.3, -0.25) is 4.98 Å². The first-order valence-corrected chi connectivity index (χ1v) is 7.12. The van der Waals surface area contributed by atoms with Gasteiger partial charge in [-0.25, -0.2) is 13.6 Å². The van der Waals surface area contributed by atoms with Crippen molar-refractivity contribution < 1.29 is 21.6 Å². The van der Waals surface area contributed by atoms with Crippen molar-refractivity contribution in [3.63, 3.8) is 0 Å². The smallest absolute Gasteiger partial charge is 0.257 e. The predicted molar refractivity (Wildman–Crippen MR) is 61.5 cm³/mol. The van der Waals surface area contributed by atoms with Crippen LogP contribution in [0.4, 0.5) is 13.2 Å². The van der Waals surface area contributed by atoms with Crippen LogP contribution in [0, 0.1) is 0 Å². The van der Waals surface area contributed by atoms with Crippen LogP contribution < -0.4 is 5.14 Å². The molecule has 0 bridgehead atoms. The molecule has 1 unspecified atom stereocenters. The van der Waals surface area contributed by atoms with E-state index >= 15 is 0 Å². The van der Waals surface area contributed by atoms with Gasteiger partial charge in [0.2, 0.25) is 15.3 Å². The first-order valence-electron chi connectivity index (χ1n) is 3.92. The molecule has 1 aromatic rings. The number of pyridine rings is 1. The Morgan fingerprint density at radius 3 is 2.24 bits per heavy atom. The van der Waals surface area contributed by atoms with Gasteiger partial charge in [0.05, 0.1) is 5.69 Å². The lowest BCUT2D eigenvalue weighted by Crippen LogP contribution is -2.34. The van der Waals surface area contributed by atoms with Crippen LogP contribution in [-0.2, 0) is 10.0 Å². The van der Waals surface area contributed by atoms with Gasteiger partial charge < -0.3 is 0 Å². The van der Waals surface area contributed by atoms with Gasteiger partial charge >= 0.3 is 6.18 Å². The summed E-state index contributed by atoms with van der Waals surface area (Å²) in [6.07, 6.45) is -3.97. The van der Waals surface area contributed by atoms with Gasteiger partial charge in [0.1, 0.15) is 0 Å². The molecule has 17 heavy (non-hydrogen) atoms. The maximum absolute atomic E-state index is 12.7. The van der Waals surface area contributed by atoms with Crippen molar-refractivity contribution in [2.24, 2.45) is 5.14 Å². The second kappa shape index (κ2) is 4.82. The molecule has 4 nitrogen and oxygen atoms in total. The van der Waals surface area contributed by atoms with Crippen molar-refractivity contribution >= 4 is 41.9 Å². The largest absolute Gasteiger partial charge is 0.412 e. The normalized spacial score (nSPS) is 14.7. The molecule has 10 heteroatoms. The number of nitrogens with two attached hydrogens (primary N) is 1. The van der Waals surface area contributed by atoms with Crippen molar-refractivity contribution in [1.29, 1.82) is 0 Å². The van der Waals surface area contributed by atoms with E-state index in [1.54, 1.807) is 0 Å². The number of hydrogen-bond donors (Lipinski definition) is 1. The van der Waals surface area contributed by atoms with E-state index in [-0.39, 0.29) is 4.47 Å². The maximum atomic E-state index is 12.7. The molecule has 1 heterocycles. The molecule has 1 rings (SSSR count). The number of sulfonamides is 1. The van der Waals surface area contributed by atoms with E-state index in [0.29, 0.717) is 4.47 Å². The third-order valence-corrected chi connectivity index (χ3v) is 3.93. The predicted octanol–water partition coefficient (Wildman–Crippen LogP) is 2.50. The van der Waals surface area contributed by atoms with E-state index in [1.165, 1.54) is 6.07 Å². The summed E-state index contributed by atoms with van der Waals surface area (Å²) in [7, 11) is -4.84. The Labute approximate surface area is 112 Å². The molecule has 0 aromatic carbocycles. The highest BCUT2D eigenvalue weighted by Crippen LogP contribution is 2.40. The molecule has 0 fully saturated rings. The Morgan fingerprint density at radius 2 is 1.88 bits per heavy atom. The van der Waals surface area contributed by atoms with E-state index in [0.717, 1.165) is 6.20 Å². The fourth-order valence-electron chi connectivity index (χ4n) is 1.11. The zero-order valence-electron chi connectivity index (χ0n) is 7.87. The number of rotatable bonds is 2. The van der Waals surface area contributed by atoms with Gasteiger partial charge in [-0.15, -0.1) is 0 Å². The summed E-state index contributed by atoms with van der Waals surface area (Å²) in [6.45, 7) is 0. The minimum atomic E-state index is -5.03.